The Kier molecular flexibility index (Phi) is 5.40. The number of ether oxygens (including phenoxy) is 1. The number of rotatable bonds is 4. The molecule has 3 rings (SSSR count). The van der Waals surface area contributed by atoms with E-state index in [0.717, 1.165) is 0 Å². The molecule has 1 aliphatic rings. The first kappa shape index (κ1) is 18.4. The van der Waals surface area contributed by atoms with E-state index in [1.54, 1.807) is 41.3 Å². The van der Waals surface area contributed by atoms with Crippen LogP contribution in [0.4, 0.5) is 17.1 Å². The van der Waals surface area contributed by atoms with Gasteiger partial charge in [0.05, 0.1) is 11.4 Å². The molecule has 1 aliphatic heterocycles. The fraction of sp³-hybridized carbons (Fsp3) is 0.250. The van der Waals surface area contributed by atoms with Crippen molar-refractivity contribution in [1.29, 1.82) is 0 Å². The zero-order valence-electron chi connectivity index (χ0n) is 15.2. The van der Waals surface area contributed by atoms with Crippen LogP contribution in [0.1, 0.15) is 20.3 Å². The number of nitrogens with zero attached hydrogens (tertiary/aromatic N) is 1. The number of anilines is 3. The first-order chi connectivity index (χ1) is 12.9. The van der Waals surface area contributed by atoms with Gasteiger partial charge < -0.3 is 20.3 Å². The number of para-hydroxylation sites is 2. The molecule has 7 heteroatoms. The van der Waals surface area contributed by atoms with Gasteiger partial charge in [0.2, 0.25) is 11.8 Å². The van der Waals surface area contributed by atoms with Gasteiger partial charge in [0.25, 0.3) is 5.91 Å². The Morgan fingerprint density at radius 3 is 2.59 bits per heavy atom. The first-order valence-electron chi connectivity index (χ1n) is 8.65. The SMILES string of the molecule is CC(=O)Nc1ccc(OCC(=O)N2c3ccccc3NC(=O)C[C@H]2C)cc1. The monoisotopic (exact) mass is 367 g/mol. The summed E-state index contributed by atoms with van der Waals surface area (Å²) in [5.41, 5.74) is 1.92. The number of nitrogens with one attached hydrogen (secondary N) is 2. The van der Waals surface area contributed by atoms with E-state index in [2.05, 4.69) is 10.6 Å². The molecular formula is C20H21N3O4. The molecule has 3 amide bonds. The summed E-state index contributed by atoms with van der Waals surface area (Å²) in [6.45, 7) is 3.11. The highest BCUT2D eigenvalue weighted by atomic mass is 16.5. The lowest BCUT2D eigenvalue weighted by Gasteiger charge is -2.27. The summed E-state index contributed by atoms with van der Waals surface area (Å²) < 4.78 is 5.60. The Labute approximate surface area is 157 Å². The highest BCUT2D eigenvalue weighted by Gasteiger charge is 2.29. The summed E-state index contributed by atoms with van der Waals surface area (Å²) in [7, 11) is 0. The second kappa shape index (κ2) is 7.90. The highest BCUT2D eigenvalue weighted by molar-refractivity contribution is 6.04. The van der Waals surface area contributed by atoms with Crippen molar-refractivity contribution in [3.63, 3.8) is 0 Å². The largest absolute Gasteiger partial charge is 0.484 e. The van der Waals surface area contributed by atoms with Crippen molar-refractivity contribution in [2.75, 3.05) is 22.1 Å². The lowest BCUT2D eigenvalue weighted by Crippen LogP contribution is -2.41. The molecule has 7 nitrogen and oxygen atoms in total. The van der Waals surface area contributed by atoms with E-state index in [1.165, 1.54) is 6.92 Å². The maximum atomic E-state index is 12.8. The fourth-order valence-corrected chi connectivity index (χ4v) is 3.02. The third kappa shape index (κ3) is 4.44. The Hall–Kier alpha value is -3.35. The van der Waals surface area contributed by atoms with Crippen LogP contribution in [0.3, 0.4) is 0 Å². The topological polar surface area (TPSA) is 87.7 Å². The molecule has 1 heterocycles. The summed E-state index contributed by atoms with van der Waals surface area (Å²) in [5.74, 6) is -0.00431. The minimum Gasteiger partial charge on any atom is -0.484 e. The van der Waals surface area contributed by atoms with Crippen molar-refractivity contribution < 1.29 is 19.1 Å². The number of carbonyl (C=O) groups is 3. The molecule has 27 heavy (non-hydrogen) atoms. The molecule has 0 saturated heterocycles. The van der Waals surface area contributed by atoms with Crippen molar-refractivity contribution in [3.8, 4) is 5.75 Å². The second-order valence-corrected chi connectivity index (χ2v) is 6.38. The van der Waals surface area contributed by atoms with E-state index in [-0.39, 0.29) is 36.8 Å². The number of hydrogen-bond acceptors (Lipinski definition) is 4. The molecule has 0 spiro atoms. The molecule has 140 valence electrons. The van der Waals surface area contributed by atoms with E-state index in [0.29, 0.717) is 22.8 Å². The molecule has 0 radical (unpaired) electrons. The van der Waals surface area contributed by atoms with Crippen molar-refractivity contribution in [3.05, 3.63) is 48.5 Å². The molecule has 0 aromatic heterocycles. The molecule has 0 bridgehead atoms. The van der Waals surface area contributed by atoms with Crippen LogP contribution in [0.5, 0.6) is 5.75 Å². The molecule has 2 aromatic carbocycles. The molecule has 1 atom stereocenters. The fourth-order valence-electron chi connectivity index (χ4n) is 3.02. The summed E-state index contributed by atoms with van der Waals surface area (Å²) >= 11 is 0. The predicted molar refractivity (Wildman–Crippen MR) is 103 cm³/mol. The molecule has 0 aliphatic carbocycles. The zero-order valence-corrected chi connectivity index (χ0v) is 15.2. The van der Waals surface area contributed by atoms with Crippen LogP contribution in [-0.4, -0.2) is 30.4 Å². The van der Waals surface area contributed by atoms with E-state index < -0.39 is 0 Å². The predicted octanol–water partition coefficient (Wildman–Crippen LogP) is 2.79. The molecule has 0 saturated carbocycles. The van der Waals surface area contributed by atoms with Gasteiger partial charge in [-0.3, -0.25) is 14.4 Å². The summed E-state index contributed by atoms with van der Waals surface area (Å²) in [6, 6.07) is 13.7. The summed E-state index contributed by atoms with van der Waals surface area (Å²) in [4.78, 5) is 37.5. The van der Waals surface area contributed by atoms with Crippen molar-refractivity contribution in [2.24, 2.45) is 0 Å². The lowest BCUT2D eigenvalue weighted by molar-refractivity contribution is -0.121. The molecule has 0 fully saturated rings. The molecule has 2 aromatic rings. The van der Waals surface area contributed by atoms with Gasteiger partial charge in [-0.2, -0.15) is 0 Å². The van der Waals surface area contributed by atoms with E-state index >= 15 is 0 Å². The van der Waals surface area contributed by atoms with Crippen LogP contribution in [-0.2, 0) is 14.4 Å². The van der Waals surface area contributed by atoms with Gasteiger partial charge in [-0.1, -0.05) is 12.1 Å². The number of benzene rings is 2. The van der Waals surface area contributed by atoms with Crippen LogP contribution in [0, 0.1) is 0 Å². The van der Waals surface area contributed by atoms with Crippen LogP contribution in [0.25, 0.3) is 0 Å². The number of amides is 3. The van der Waals surface area contributed by atoms with Crippen LogP contribution in [0.2, 0.25) is 0 Å². The quantitative estimate of drug-likeness (QED) is 0.870. The van der Waals surface area contributed by atoms with Gasteiger partial charge in [-0.15, -0.1) is 0 Å². The van der Waals surface area contributed by atoms with Gasteiger partial charge in [-0.05, 0) is 43.3 Å². The van der Waals surface area contributed by atoms with Crippen molar-refractivity contribution in [2.45, 2.75) is 26.3 Å². The minimum absolute atomic E-state index is 0.125. The highest BCUT2D eigenvalue weighted by Crippen LogP contribution is 2.31. The lowest BCUT2D eigenvalue weighted by atomic mass is 10.1. The maximum Gasteiger partial charge on any atom is 0.265 e. The Balaban J connectivity index is 1.71. The second-order valence-electron chi connectivity index (χ2n) is 6.38. The van der Waals surface area contributed by atoms with Gasteiger partial charge in [0.1, 0.15) is 5.75 Å². The average Bonchev–Trinajstić information content (AvgIpc) is 2.74. The third-order valence-corrected chi connectivity index (χ3v) is 4.16. The van der Waals surface area contributed by atoms with Crippen molar-refractivity contribution >= 4 is 34.8 Å². The molecule has 2 N–H and O–H groups in total. The number of carbonyl (C=O) groups excluding carboxylic acids is 3. The molecular weight excluding hydrogens is 346 g/mol. The van der Waals surface area contributed by atoms with E-state index in [4.69, 9.17) is 4.74 Å². The number of fused-ring (bicyclic) bond motifs is 1. The van der Waals surface area contributed by atoms with Gasteiger partial charge in [0.15, 0.2) is 6.61 Å². The third-order valence-electron chi connectivity index (χ3n) is 4.16. The Morgan fingerprint density at radius 1 is 1.19 bits per heavy atom. The normalized spacial score (nSPS) is 16.0. The smallest absolute Gasteiger partial charge is 0.265 e. The van der Waals surface area contributed by atoms with Gasteiger partial charge >= 0.3 is 0 Å². The van der Waals surface area contributed by atoms with Crippen LogP contribution < -0.4 is 20.3 Å². The van der Waals surface area contributed by atoms with E-state index in [1.807, 2.05) is 19.1 Å². The standard InChI is InChI=1S/C20H21N3O4/c1-13-11-19(25)22-17-5-3-4-6-18(17)23(13)20(26)12-27-16-9-7-15(8-10-16)21-14(2)24/h3-10,13H,11-12H2,1-2H3,(H,21,24)(H,22,25)/t13-/m1/s1. The van der Waals surface area contributed by atoms with Crippen molar-refractivity contribution in [1.82, 2.24) is 0 Å². The minimum atomic E-state index is -0.285. The Morgan fingerprint density at radius 2 is 1.89 bits per heavy atom. The van der Waals surface area contributed by atoms with E-state index in [9.17, 15) is 14.4 Å². The van der Waals surface area contributed by atoms with Gasteiger partial charge in [-0.25, -0.2) is 0 Å². The number of hydrogen-bond donors (Lipinski definition) is 2. The molecule has 0 unspecified atom stereocenters. The van der Waals surface area contributed by atoms with Crippen LogP contribution >= 0.6 is 0 Å². The summed E-state index contributed by atoms with van der Waals surface area (Å²) in [5, 5.41) is 5.49. The maximum absolute atomic E-state index is 12.8. The first-order valence-corrected chi connectivity index (χ1v) is 8.65. The van der Waals surface area contributed by atoms with Crippen LogP contribution in [0.15, 0.2) is 48.5 Å². The van der Waals surface area contributed by atoms with Gasteiger partial charge in [0, 0.05) is 25.1 Å². The summed E-state index contributed by atoms with van der Waals surface area (Å²) in [6.07, 6.45) is 0.214. The average molecular weight is 367 g/mol. The Bertz CT molecular complexity index is 864. The zero-order chi connectivity index (χ0) is 19.4.